The van der Waals surface area contributed by atoms with Crippen LogP contribution in [-0.4, -0.2) is 56.4 Å². The van der Waals surface area contributed by atoms with Gasteiger partial charge in [-0.25, -0.2) is 4.79 Å². The van der Waals surface area contributed by atoms with Gasteiger partial charge in [0, 0.05) is 6.92 Å². The van der Waals surface area contributed by atoms with Crippen molar-refractivity contribution >= 4 is 11.9 Å². The van der Waals surface area contributed by atoms with Crippen molar-refractivity contribution < 1.29 is 38.0 Å². The molecule has 8 heteroatoms. The predicted molar refractivity (Wildman–Crippen MR) is 122 cm³/mol. The third-order valence-electron chi connectivity index (χ3n) is 5.18. The van der Waals surface area contributed by atoms with E-state index in [9.17, 15) is 9.59 Å². The zero-order valence-electron chi connectivity index (χ0n) is 19.3. The molecular formula is C26H30O8. The zero-order valence-corrected chi connectivity index (χ0v) is 19.3. The van der Waals surface area contributed by atoms with E-state index in [1.54, 1.807) is 6.08 Å². The van der Waals surface area contributed by atoms with Crippen LogP contribution in [0.25, 0.3) is 0 Å². The van der Waals surface area contributed by atoms with Crippen molar-refractivity contribution in [3.05, 3.63) is 84.4 Å². The Balaban J connectivity index is 1.93. The molecule has 1 aliphatic rings. The lowest BCUT2D eigenvalue weighted by Gasteiger charge is -2.44. The van der Waals surface area contributed by atoms with E-state index in [4.69, 9.17) is 28.4 Å². The second-order valence-electron chi connectivity index (χ2n) is 7.67. The fourth-order valence-corrected chi connectivity index (χ4v) is 3.63. The summed E-state index contributed by atoms with van der Waals surface area (Å²) in [6, 6.07) is 19.1. The molecule has 0 amide bonds. The van der Waals surface area contributed by atoms with E-state index in [-0.39, 0.29) is 19.8 Å². The number of carbonyl (C=O) groups is 2. The summed E-state index contributed by atoms with van der Waals surface area (Å²) in [5.41, 5.74) is 1.82. The van der Waals surface area contributed by atoms with Crippen molar-refractivity contribution in [1.82, 2.24) is 0 Å². The molecule has 0 N–H and O–H groups in total. The molecule has 2 aromatic rings. The molecule has 2 aromatic carbocycles. The quantitative estimate of drug-likeness (QED) is 0.365. The molecule has 0 aliphatic carbocycles. The van der Waals surface area contributed by atoms with Crippen LogP contribution in [-0.2, 0) is 51.2 Å². The van der Waals surface area contributed by atoms with Gasteiger partial charge in [0.15, 0.2) is 18.5 Å². The van der Waals surface area contributed by atoms with E-state index >= 15 is 0 Å². The van der Waals surface area contributed by atoms with Crippen molar-refractivity contribution in [2.75, 3.05) is 13.7 Å². The first-order chi connectivity index (χ1) is 16.5. The van der Waals surface area contributed by atoms with Crippen LogP contribution in [0.2, 0.25) is 0 Å². The van der Waals surface area contributed by atoms with Gasteiger partial charge in [-0.15, -0.1) is 6.58 Å². The Labute approximate surface area is 199 Å². The summed E-state index contributed by atoms with van der Waals surface area (Å²) in [5, 5.41) is 0. The molecule has 182 valence electrons. The molecule has 0 radical (unpaired) electrons. The topological polar surface area (TPSA) is 89.5 Å². The van der Waals surface area contributed by atoms with Crippen molar-refractivity contribution in [1.29, 1.82) is 0 Å². The molecule has 0 bridgehead atoms. The Hall–Kier alpha value is -3.04. The van der Waals surface area contributed by atoms with Crippen molar-refractivity contribution in [2.24, 2.45) is 0 Å². The lowest BCUT2D eigenvalue weighted by atomic mass is 9.97. The van der Waals surface area contributed by atoms with Gasteiger partial charge in [0.25, 0.3) is 0 Å². The van der Waals surface area contributed by atoms with E-state index in [2.05, 4.69) is 6.58 Å². The van der Waals surface area contributed by atoms with Gasteiger partial charge < -0.3 is 28.4 Å². The molecule has 1 heterocycles. The highest BCUT2D eigenvalue weighted by molar-refractivity contribution is 5.76. The standard InChI is InChI=1S/C26H30O8/c1-4-15-30-26-24(32-17-20-13-9-6-10-14-20)21(31-16-19-11-7-5-8-12-19)22(33-18(2)27)23(34-26)25(28)29-3/h4-14,21-24,26H,1,15-17H2,2-3H3/t21-,22+,23-,24+,26+/m0/s1. The third kappa shape index (κ3) is 6.98. The third-order valence-corrected chi connectivity index (χ3v) is 5.18. The number of hydrogen-bond donors (Lipinski definition) is 0. The first-order valence-corrected chi connectivity index (χ1v) is 11.0. The number of carbonyl (C=O) groups excluding carboxylic acids is 2. The lowest BCUT2D eigenvalue weighted by molar-refractivity contribution is -0.312. The highest BCUT2D eigenvalue weighted by Crippen LogP contribution is 2.31. The van der Waals surface area contributed by atoms with Gasteiger partial charge in [0.05, 0.1) is 26.9 Å². The van der Waals surface area contributed by atoms with E-state index < -0.39 is 42.6 Å². The highest BCUT2D eigenvalue weighted by Gasteiger charge is 2.53. The summed E-state index contributed by atoms with van der Waals surface area (Å²) in [6.45, 7) is 5.49. The maximum atomic E-state index is 12.6. The molecule has 0 aromatic heterocycles. The Morgan fingerprint density at radius 1 is 0.882 bits per heavy atom. The normalized spacial score (nSPS) is 24.2. The summed E-state index contributed by atoms with van der Waals surface area (Å²) >= 11 is 0. The number of hydrogen-bond acceptors (Lipinski definition) is 8. The van der Waals surface area contributed by atoms with Gasteiger partial charge in [-0.2, -0.15) is 0 Å². The molecule has 1 saturated heterocycles. The number of esters is 2. The van der Waals surface area contributed by atoms with Crippen LogP contribution < -0.4 is 0 Å². The second-order valence-corrected chi connectivity index (χ2v) is 7.67. The van der Waals surface area contributed by atoms with E-state index in [1.807, 2.05) is 60.7 Å². The number of ether oxygens (including phenoxy) is 6. The molecule has 0 spiro atoms. The number of rotatable bonds is 11. The van der Waals surface area contributed by atoms with Gasteiger partial charge >= 0.3 is 11.9 Å². The van der Waals surface area contributed by atoms with Gasteiger partial charge in [-0.05, 0) is 11.1 Å². The molecule has 1 fully saturated rings. The first kappa shape index (κ1) is 25.6. The lowest BCUT2D eigenvalue weighted by Crippen LogP contribution is -2.63. The van der Waals surface area contributed by atoms with E-state index in [1.165, 1.54) is 14.0 Å². The summed E-state index contributed by atoms with van der Waals surface area (Å²) in [4.78, 5) is 24.5. The second kappa shape index (κ2) is 13.0. The molecular weight excluding hydrogens is 440 g/mol. The zero-order chi connectivity index (χ0) is 24.3. The highest BCUT2D eigenvalue weighted by atomic mass is 16.7. The molecule has 3 rings (SSSR count). The molecule has 1 aliphatic heterocycles. The van der Waals surface area contributed by atoms with Crippen LogP contribution in [0.4, 0.5) is 0 Å². The minimum atomic E-state index is -1.26. The molecule has 8 nitrogen and oxygen atoms in total. The Kier molecular flexibility index (Phi) is 9.78. The average Bonchev–Trinajstić information content (AvgIpc) is 2.86. The van der Waals surface area contributed by atoms with Crippen LogP contribution in [0, 0.1) is 0 Å². The van der Waals surface area contributed by atoms with Crippen LogP contribution in [0.5, 0.6) is 0 Å². The minimum absolute atomic E-state index is 0.146. The van der Waals surface area contributed by atoms with E-state index in [0.717, 1.165) is 11.1 Å². The van der Waals surface area contributed by atoms with Crippen LogP contribution >= 0.6 is 0 Å². The van der Waals surface area contributed by atoms with Crippen LogP contribution in [0.3, 0.4) is 0 Å². The van der Waals surface area contributed by atoms with Crippen LogP contribution in [0.15, 0.2) is 73.3 Å². The van der Waals surface area contributed by atoms with Gasteiger partial charge in [-0.3, -0.25) is 4.79 Å². The Bertz CT molecular complexity index is 917. The fraction of sp³-hybridized carbons (Fsp3) is 0.385. The van der Waals surface area contributed by atoms with E-state index in [0.29, 0.717) is 0 Å². The van der Waals surface area contributed by atoms with Crippen molar-refractivity contribution in [2.45, 2.75) is 50.8 Å². The smallest absolute Gasteiger partial charge is 0.339 e. The molecule has 0 unspecified atom stereocenters. The van der Waals surface area contributed by atoms with Gasteiger partial charge in [0.2, 0.25) is 0 Å². The number of benzene rings is 2. The molecule has 0 saturated carbocycles. The van der Waals surface area contributed by atoms with Crippen molar-refractivity contribution in [3.63, 3.8) is 0 Å². The summed E-state index contributed by atoms with van der Waals surface area (Å²) in [5.74, 6) is -1.31. The summed E-state index contributed by atoms with van der Waals surface area (Å²) in [6.07, 6.45) is -3.53. The average molecular weight is 471 g/mol. The van der Waals surface area contributed by atoms with Gasteiger partial charge in [0.1, 0.15) is 12.2 Å². The minimum Gasteiger partial charge on any atom is -0.467 e. The van der Waals surface area contributed by atoms with Gasteiger partial charge in [-0.1, -0.05) is 66.7 Å². The predicted octanol–water partition coefficient (Wildman–Crippen LogP) is 3.19. The summed E-state index contributed by atoms with van der Waals surface area (Å²) in [7, 11) is 1.23. The number of methoxy groups -OCH3 is 1. The Morgan fingerprint density at radius 3 is 1.94 bits per heavy atom. The maximum absolute atomic E-state index is 12.6. The monoisotopic (exact) mass is 470 g/mol. The molecule has 5 atom stereocenters. The maximum Gasteiger partial charge on any atom is 0.339 e. The molecule has 34 heavy (non-hydrogen) atoms. The van der Waals surface area contributed by atoms with Crippen LogP contribution in [0.1, 0.15) is 18.1 Å². The Morgan fingerprint density at radius 2 is 1.44 bits per heavy atom. The first-order valence-electron chi connectivity index (χ1n) is 11.0. The largest absolute Gasteiger partial charge is 0.467 e. The fourth-order valence-electron chi connectivity index (χ4n) is 3.63. The summed E-state index contributed by atoms with van der Waals surface area (Å²) < 4.78 is 34.6. The SMILES string of the molecule is C=CCO[C@@H]1O[C@H](C(=O)OC)[C@H](OC(C)=O)[C@H](OCc2ccccc2)[C@H]1OCc1ccccc1. The van der Waals surface area contributed by atoms with Crippen molar-refractivity contribution in [3.8, 4) is 0 Å².